The molecule has 0 saturated carbocycles. The Morgan fingerprint density at radius 2 is 0.877 bits per heavy atom. The molecular weight excluding hydrogens is 711 g/mol. The number of hydrogen-bond donors (Lipinski definition) is 0. The minimum atomic E-state index is 1.04. The molecule has 0 fully saturated rings. The number of para-hydroxylation sites is 3. The summed E-state index contributed by atoms with van der Waals surface area (Å²) >= 11 is 1.76. The van der Waals surface area contributed by atoms with Gasteiger partial charge in [-0.15, -0.1) is 11.3 Å². The van der Waals surface area contributed by atoms with Crippen LogP contribution in [0.5, 0.6) is 0 Å². The molecule has 3 aromatic heterocycles. The van der Waals surface area contributed by atoms with Crippen molar-refractivity contribution >= 4 is 75.9 Å². The van der Waals surface area contributed by atoms with Crippen LogP contribution in [0.1, 0.15) is 0 Å². The van der Waals surface area contributed by atoms with Gasteiger partial charge in [0.25, 0.3) is 0 Å². The van der Waals surface area contributed by atoms with Crippen molar-refractivity contribution in [2.75, 3.05) is 0 Å². The molecule has 0 spiro atoms. The van der Waals surface area contributed by atoms with Gasteiger partial charge in [-0.2, -0.15) is 0 Å². The van der Waals surface area contributed by atoms with Crippen molar-refractivity contribution in [3.8, 4) is 44.2 Å². The maximum Gasteiger partial charge on any atom is 0.125 e. The molecule has 0 amide bonds. The minimum Gasteiger partial charge on any atom is -0.309 e. The van der Waals surface area contributed by atoms with Crippen molar-refractivity contribution < 1.29 is 0 Å². The topological polar surface area (TPSA) is 22.8 Å². The van der Waals surface area contributed by atoms with Crippen LogP contribution in [-0.2, 0) is 0 Å². The number of rotatable bonds is 5. The molecule has 0 atom stereocenters. The quantitative estimate of drug-likeness (QED) is 0.172. The largest absolute Gasteiger partial charge is 0.309 e. The molecule has 0 aliphatic carbocycles. The summed E-state index contributed by atoms with van der Waals surface area (Å²) < 4.78 is 6.15. The highest BCUT2D eigenvalue weighted by molar-refractivity contribution is 7.21. The molecular formula is C53H33N3S. The smallest absolute Gasteiger partial charge is 0.125 e. The highest BCUT2D eigenvalue weighted by atomic mass is 32.1. The number of aromatic nitrogens is 3. The van der Waals surface area contributed by atoms with Gasteiger partial charge in [0.1, 0.15) is 5.01 Å². The lowest BCUT2D eigenvalue weighted by Gasteiger charge is -2.15. The Balaban J connectivity index is 1.14. The van der Waals surface area contributed by atoms with Crippen LogP contribution in [0.4, 0.5) is 0 Å². The predicted octanol–water partition coefficient (Wildman–Crippen LogP) is 14.6. The van der Waals surface area contributed by atoms with Crippen molar-refractivity contribution in [1.82, 2.24) is 14.1 Å². The molecule has 0 unspecified atom stereocenters. The van der Waals surface area contributed by atoms with Crippen LogP contribution in [0.25, 0.3) is 109 Å². The number of fused-ring (bicyclic) bond motifs is 8. The third-order valence-corrected chi connectivity index (χ3v) is 12.6. The average Bonchev–Trinajstić information content (AvgIpc) is 3.96. The van der Waals surface area contributed by atoms with E-state index in [2.05, 4.69) is 209 Å². The van der Waals surface area contributed by atoms with Crippen LogP contribution in [0.15, 0.2) is 200 Å². The Kier molecular flexibility index (Phi) is 7.10. The highest BCUT2D eigenvalue weighted by Crippen LogP contribution is 2.43. The van der Waals surface area contributed by atoms with Crippen molar-refractivity contribution in [2.45, 2.75) is 0 Å². The molecule has 0 radical (unpaired) electrons. The van der Waals surface area contributed by atoms with E-state index in [0.29, 0.717) is 0 Å². The Bertz CT molecular complexity index is 3430. The van der Waals surface area contributed by atoms with E-state index in [1.54, 1.807) is 11.3 Å². The fourth-order valence-electron chi connectivity index (χ4n) is 8.96. The molecule has 9 aromatic carbocycles. The molecule has 3 nitrogen and oxygen atoms in total. The maximum atomic E-state index is 5.07. The third kappa shape index (κ3) is 5.01. The summed E-state index contributed by atoms with van der Waals surface area (Å²) in [5.74, 6) is 0. The lowest BCUT2D eigenvalue weighted by Crippen LogP contribution is -1.97. The number of thiazole rings is 1. The molecule has 0 bridgehead atoms. The lowest BCUT2D eigenvalue weighted by atomic mass is 9.98. The van der Waals surface area contributed by atoms with Gasteiger partial charge in [0.2, 0.25) is 0 Å². The summed E-state index contributed by atoms with van der Waals surface area (Å²) in [4.78, 5) is 5.07. The van der Waals surface area contributed by atoms with Gasteiger partial charge in [-0.25, -0.2) is 4.98 Å². The molecule has 0 N–H and O–H groups in total. The molecule has 4 heteroatoms. The first kappa shape index (κ1) is 32.0. The third-order valence-electron chi connectivity index (χ3n) is 11.5. The summed E-state index contributed by atoms with van der Waals surface area (Å²) in [6, 6.07) is 72.8. The number of hydrogen-bond acceptors (Lipinski definition) is 2. The SMILES string of the molecule is c1ccc(-c2cc(-c3ccccc3)cc(-n3c4ccccc4c4cc5c(cc43)c3ccccc3n5-c3ccc(-c4nc5ccccc5s4)c4ccccc34)c2)cc1. The van der Waals surface area contributed by atoms with Crippen molar-refractivity contribution in [3.05, 3.63) is 200 Å². The van der Waals surface area contributed by atoms with Crippen LogP contribution in [0.2, 0.25) is 0 Å². The van der Waals surface area contributed by atoms with Gasteiger partial charge in [-0.3, -0.25) is 0 Å². The molecule has 0 saturated heterocycles. The Hall–Kier alpha value is -7.27. The zero-order valence-corrected chi connectivity index (χ0v) is 31.6. The zero-order chi connectivity index (χ0) is 37.5. The Labute approximate surface area is 333 Å². The summed E-state index contributed by atoms with van der Waals surface area (Å²) in [7, 11) is 0. The fraction of sp³-hybridized carbons (Fsp3) is 0. The first-order chi connectivity index (χ1) is 28.3. The van der Waals surface area contributed by atoms with Gasteiger partial charge in [-0.05, 0) is 94.4 Å². The van der Waals surface area contributed by atoms with E-state index in [9.17, 15) is 0 Å². The highest BCUT2D eigenvalue weighted by Gasteiger charge is 2.21. The first-order valence-electron chi connectivity index (χ1n) is 19.4. The van der Waals surface area contributed by atoms with Crippen molar-refractivity contribution in [3.63, 3.8) is 0 Å². The molecule has 0 aliphatic rings. The Morgan fingerprint density at radius 3 is 1.53 bits per heavy atom. The van der Waals surface area contributed by atoms with E-state index >= 15 is 0 Å². The molecule has 3 heterocycles. The molecule has 57 heavy (non-hydrogen) atoms. The standard InChI is InChI=1S/C53H33N3S/c1-3-15-34(16-4-1)36-29-37(35-17-5-2-6-18-35)31-38(30-36)55-47-24-12-9-21-41(47)44-33-51-45(32-50(44)55)42-22-10-13-25-48(42)56(51)49-28-27-43(39-19-7-8-20-40(39)49)53-54-46-23-11-14-26-52(46)57-53/h1-33H. The van der Waals surface area contributed by atoms with E-state index in [4.69, 9.17) is 4.98 Å². The molecule has 266 valence electrons. The van der Waals surface area contributed by atoms with Crippen LogP contribution < -0.4 is 0 Å². The van der Waals surface area contributed by atoms with Gasteiger partial charge < -0.3 is 9.13 Å². The van der Waals surface area contributed by atoms with Gasteiger partial charge in [-0.1, -0.05) is 133 Å². The molecule has 12 rings (SSSR count). The van der Waals surface area contributed by atoms with E-state index in [0.717, 1.165) is 27.5 Å². The molecule has 12 aromatic rings. The lowest BCUT2D eigenvalue weighted by molar-refractivity contribution is 1.18. The van der Waals surface area contributed by atoms with Crippen molar-refractivity contribution in [2.24, 2.45) is 0 Å². The fourth-order valence-corrected chi connectivity index (χ4v) is 9.96. The van der Waals surface area contributed by atoms with Gasteiger partial charge in [0, 0.05) is 38.2 Å². The van der Waals surface area contributed by atoms with E-state index in [1.165, 1.54) is 81.3 Å². The summed E-state index contributed by atoms with van der Waals surface area (Å²) in [6.07, 6.45) is 0. The summed E-state index contributed by atoms with van der Waals surface area (Å²) in [5.41, 5.74) is 14.0. The number of nitrogens with zero attached hydrogens (tertiary/aromatic N) is 3. The van der Waals surface area contributed by atoms with Crippen LogP contribution in [0, 0.1) is 0 Å². The monoisotopic (exact) mass is 743 g/mol. The first-order valence-corrected chi connectivity index (χ1v) is 20.2. The predicted molar refractivity (Wildman–Crippen MR) is 242 cm³/mol. The average molecular weight is 744 g/mol. The van der Waals surface area contributed by atoms with Crippen LogP contribution in [0.3, 0.4) is 0 Å². The number of benzene rings is 9. The molecule has 0 aliphatic heterocycles. The van der Waals surface area contributed by atoms with E-state index in [1.807, 2.05) is 0 Å². The zero-order valence-electron chi connectivity index (χ0n) is 30.8. The van der Waals surface area contributed by atoms with E-state index in [-0.39, 0.29) is 0 Å². The maximum absolute atomic E-state index is 5.07. The van der Waals surface area contributed by atoms with Crippen LogP contribution in [-0.4, -0.2) is 14.1 Å². The summed E-state index contributed by atoms with van der Waals surface area (Å²) in [6.45, 7) is 0. The second-order valence-corrected chi connectivity index (χ2v) is 15.8. The van der Waals surface area contributed by atoms with Gasteiger partial charge in [0.15, 0.2) is 0 Å². The minimum absolute atomic E-state index is 1.04. The Morgan fingerprint density at radius 1 is 0.351 bits per heavy atom. The second kappa shape index (κ2) is 12.6. The van der Waals surface area contributed by atoms with E-state index < -0.39 is 0 Å². The summed E-state index contributed by atoms with van der Waals surface area (Å²) in [5, 5.41) is 8.35. The van der Waals surface area contributed by atoms with Crippen LogP contribution >= 0.6 is 11.3 Å². The normalized spacial score (nSPS) is 11.9. The van der Waals surface area contributed by atoms with Gasteiger partial charge >= 0.3 is 0 Å². The van der Waals surface area contributed by atoms with Crippen molar-refractivity contribution in [1.29, 1.82) is 0 Å². The second-order valence-electron chi connectivity index (χ2n) is 14.8. The van der Waals surface area contributed by atoms with Gasteiger partial charge in [0.05, 0.1) is 38.0 Å².